The average Bonchev–Trinajstić information content (AvgIpc) is 3.05. The summed E-state index contributed by atoms with van der Waals surface area (Å²) in [5, 5.41) is 65.7. The fourth-order valence-corrected chi connectivity index (χ4v) is 4.00. The minimum Gasteiger partial charge on any atom is -0.876 e. The first-order valence-corrected chi connectivity index (χ1v) is 16.9. The minimum atomic E-state index is -0.420. The van der Waals surface area contributed by atoms with E-state index in [9.17, 15) is 49.8 Å². The summed E-state index contributed by atoms with van der Waals surface area (Å²) in [7, 11) is 0. The number of allylic oxidation sites excluding steroid dienone is 8. The van der Waals surface area contributed by atoms with E-state index in [-0.39, 0.29) is 113 Å². The smallest absolute Gasteiger partial charge is 0.876 e. The molecule has 0 saturated heterocycles. The third kappa shape index (κ3) is 23.1. The zero-order chi connectivity index (χ0) is 42.4. The molecular weight excluding hydrogens is 957 g/mol. The molecule has 57 heavy (non-hydrogen) atoms. The molecule has 5 rings (SSSR count). The topological polar surface area (TPSA) is 258 Å². The molecule has 0 aliphatic carbocycles. The van der Waals surface area contributed by atoms with E-state index < -0.39 is 11.5 Å². The van der Waals surface area contributed by atoms with Gasteiger partial charge in [-0.15, -0.1) is 46.2 Å². The van der Waals surface area contributed by atoms with Crippen molar-refractivity contribution in [3.63, 3.8) is 0 Å². The van der Waals surface area contributed by atoms with Gasteiger partial charge >= 0.3 is 39.0 Å². The monoisotopic (exact) mass is 996 g/mol. The third-order valence-electron chi connectivity index (χ3n) is 5.63. The molecule has 0 saturated carbocycles. The van der Waals surface area contributed by atoms with Crippen LogP contribution in [0.1, 0.15) is 55.4 Å². The number of fused-ring (bicyclic) bond motifs is 4. The van der Waals surface area contributed by atoms with Crippen LogP contribution in [0.15, 0.2) is 95.9 Å². The van der Waals surface area contributed by atoms with Crippen molar-refractivity contribution >= 4 is 90.5 Å². The van der Waals surface area contributed by atoms with Gasteiger partial charge in [-0.05, 0) is 76.3 Å². The number of benzene rings is 3. The second kappa shape index (κ2) is 29.4. The molecule has 0 aliphatic rings. The number of rotatable bonds is 4. The predicted octanol–water partition coefficient (Wildman–Crippen LogP) is 2.80. The Morgan fingerprint density at radius 1 is 0.456 bits per heavy atom. The van der Waals surface area contributed by atoms with Crippen LogP contribution >= 0.6 is 23.2 Å². The van der Waals surface area contributed by atoms with Crippen LogP contribution in [0.25, 0.3) is 44.1 Å². The van der Waals surface area contributed by atoms with Crippen LogP contribution < -0.4 is 30.6 Å². The van der Waals surface area contributed by atoms with E-state index in [0.717, 1.165) is 24.3 Å². The van der Waals surface area contributed by atoms with Gasteiger partial charge in [0.15, 0.2) is 23.1 Å². The van der Waals surface area contributed by atoms with E-state index in [1.807, 2.05) is 0 Å². The second-order valence-corrected chi connectivity index (χ2v) is 11.8. The van der Waals surface area contributed by atoms with Crippen LogP contribution in [0.2, 0.25) is 0 Å². The number of hydrogen-bond donors (Lipinski definition) is 0. The number of ketones is 4. The van der Waals surface area contributed by atoms with Crippen molar-refractivity contribution in [2.24, 2.45) is 0 Å². The molecule has 2 heterocycles. The summed E-state index contributed by atoms with van der Waals surface area (Å²) in [4.78, 5) is 57.2. The average molecular weight is 996 g/mol. The molecule has 0 fully saturated rings. The van der Waals surface area contributed by atoms with Gasteiger partial charge in [-0.1, -0.05) is 63.5 Å². The zero-order valence-electron chi connectivity index (χ0n) is 32.0. The summed E-state index contributed by atoms with van der Waals surface area (Å²) in [5.41, 5.74) is 2.41. The largest absolute Gasteiger partial charge is 3.00 e. The van der Waals surface area contributed by atoms with Gasteiger partial charge in [0, 0.05) is 0 Å². The van der Waals surface area contributed by atoms with Crippen LogP contribution in [0, 0.1) is 0 Å². The molecule has 18 heteroatoms. The van der Waals surface area contributed by atoms with Crippen molar-refractivity contribution in [3.05, 3.63) is 95.9 Å². The molecule has 304 valence electrons. The predicted molar refractivity (Wildman–Crippen MR) is 201 cm³/mol. The van der Waals surface area contributed by atoms with Gasteiger partial charge < -0.3 is 30.6 Å². The Hall–Kier alpha value is -4.87. The van der Waals surface area contributed by atoms with Gasteiger partial charge in [0.2, 0.25) is 0 Å². The van der Waals surface area contributed by atoms with Crippen molar-refractivity contribution in [1.82, 2.24) is 19.9 Å². The maximum absolute atomic E-state index is 12.8. The van der Waals surface area contributed by atoms with Crippen LogP contribution in [-0.2, 0) is 58.1 Å². The number of aromatic nitrogens is 4. The number of halogens is 2. The summed E-state index contributed by atoms with van der Waals surface area (Å²) >= 11 is 9.53. The van der Waals surface area contributed by atoms with Gasteiger partial charge in [0.05, 0.1) is 49.5 Å². The first kappa shape index (κ1) is 56.5. The normalized spacial score (nSPS) is 10.8. The van der Waals surface area contributed by atoms with Crippen molar-refractivity contribution in [3.8, 4) is 11.5 Å². The summed E-state index contributed by atoms with van der Waals surface area (Å²) in [5.74, 6) is -2.34. The summed E-state index contributed by atoms with van der Waals surface area (Å²) < 4.78 is 0. The van der Waals surface area contributed by atoms with Crippen LogP contribution in [0.5, 0.6) is 11.5 Å². The SMILES string of the molecule is CC(=O)/C=C(/C)[O-].CC(=O)/C=C(/C)[O-].CC(=O)/C=C(/C)[O-].CC(=O)/C=C(/C)[O-].ClCCl.[O-]c1c2nc3ccccc3nc2c([O-])c2nc3ccccc3nc12.[Ru+3].[Ru+3]. The Kier molecular flexibility index (Phi) is 29.1. The Morgan fingerprint density at radius 2 is 0.614 bits per heavy atom. The van der Waals surface area contributed by atoms with Gasteiger partial charge in [0.25, 0.3) is 0 Å². The fraction of sp³-hybridized carbons (Fsp3) is 0.231. The molecule has 0 amide bonds. The molecule has 2 aromatic heterocycles. The summed E-state index contributed by atoms with van der Waals surface area (Å²) in [6, 6.07) is 14.2. The van der Waals surface area contributed by atoms with Crippen LogP contribution in [0.4, 0.5) is 0 Å². The number of hydrogen-bond acceptors (Lipinski definition) is 14. The fourth-order valence-electron chi connectivity index (χ4n) is 4.00. The van der Waals surface area contributed by atoms with E-state index in [1.54, 1.807) is 48.5 Å². The molecule has 0 spiro atoms. The second-order valence-electron chi connectivity index (χ2n) is 11.0. The molecule has 0 N–H and O–H groups in total. The van der Waals surface area contributed by atoms with Gasteiger partial charge in [-0.2, -0.15) is 0 Å². The van der Waals surface area contributed by atoms with E-state index in [2.05, 4.69) is 19.9 Å². The number of nitrogens with zero attached hydrogens (tertiary/aromatic N) is 4. The Morgan fingerprint density at radius 3 is 0.719 bits per heavy atom. The minimum absolute atomic E-state index is 0. The Balaban J connectivity index is -0.000000737. The molecule has 0 unspecified atom stereocenters. The van der Waals surface area contributed by atoms with E-state index in [1.165, 1.54) is 55.4 Å². The standard InChI is InChI=1S/C18H10N4O2.4C5H8O2.CH2Cl2.2Ru/c23-17-13-14(20-10-6-2-1-5-9(10)19-13)18(24)16-15(17)21-11-7-3-4-8-12(11)22-16;4*1-4(6)3-5(2)7;2-1-3;;/h1-8,23-24H;4*3,6H,1-2H3;1H2;;/q;;;;;;2*+3/p-6/b;4*4-3-;;;. The maximum Gasteiger partial charge on any atom is 3.00 e. The molecular formula is C39H38Cl2N4O10Ru2. The van der Waals surface area contributed by atoms with Gasteiger partial charge in [-0.3, -0.25) is 19.2 Å². The first-order valence-electron chi connectivity index (χ1n) is 15.8. The van der Waals surface area contributed by atoms with Crippen molar-refractivity contribution in [2.75, 3.05) is 5.34 Å². The number of alkyl halides is 2. The molecule has 5 aromatic rings. The van der Waals surface area contributed by atoms with E-state index in [4.69, 9.17) is 23.2 Å². The summed E-state index contributed by atoms with van der Waals surface area (Å²) in [6.45, 7) is 10.8. The first-order chi connectivity index (χ1) is 25.6. The molecule has 0 aliphatic heterocycles. The van der Waals surface area contributed by atoms with Crippen LogP contribution in [0.3, 0.4) is 0 Å². The third-order valence-corrected chi connectivity index (χ3v) is 5.63. The van der Waals surface area contributed by atoms with Crippen molar-refractivity contribution < 1.29 is 88.8 Å². The van der Waals surface area contributed by atoms with Crippen molar-refractivity contribution in [1.29, 1.82) is 0 Å². The molecule has 2 radical (unpaired) electrons. The Labute approximate surface area is 365 Å². The van der Waals surface area contributed by atoms with Crippen LogP contribution in [-0.4, -0.2) is 48.4 Å². The zero-order valence-corrected chi connectivity index (χ0v) is 37.0. The maximum atomic E-state index is 12.8. The molecule has 3 aromatic carbocycles. The quantitative estimate of drug-likeness (QED) is 0.0825. The van der Waals surface area contributed by atoms with E-state index in [0.29, 0.717) is 22.1 Å². The molecule has 0 atom stereocenters. The molecule has 14 nitrogen and oxygen atoms in total. The number of para-hydroxylation sites is 4. The van der Waals surface area contributed by atoms with Gasteiger partial charge in [0.1, 0.15) is 0 Å². The molecule has 0 bridgehead atoms. The Bertz CT molecular complexity index is 1940. The number of carbonyl (C=O) groups is 4. The van der Waals surface area contributed by atoms with Gasteiger partial charge in [-0.25, -0.2) is 19.9 Å². The van der Waals surface area contributed by atoms with E-state index >= 15 is 0 Å². The number of carbonyl (C=O) groups excluding carboxylic acids is 4. The summed E-state index contributed by atoms with van der Waals surface area (Å²) in [6.07, 6.45) is 4.22. The van der Waals surface area contributed by atoms with Crippen molar-refractivity contribution in [2.45, 2.75) is 55.4 Å².